The van der Waals surface area contributed by atoms with Crippen LogP contribution < -0.4 is 0 Å². The number of carbonyl (C=O) groups excluding carboxylic acids is 1. The summed E-state index contributed by atoms with van der Waals surface area (Å²) in [6.45, 7) is 6.37. The Kier molecular flexibility index (Phi) is 9.71. The lowest BCUT2D eigenvalue weighted by Crippen LogP contribution is -2.41. The second-order valence-electron chi connectivity index (χ2n) is 10.4. The average molecular weight is 542 g/mol. The van der Waals surface area contributed by atoms with E-state index in [0.29, 0.717) is 11.1 Å². The third-order valence-electron chi connectivity index (χ3n) is 7.21. The summed E-state index contributed by atoms with van der Waals surface area (Å²) < 4.78 is 28.7. The van der Waals surface area contributed by atoms with Crippen LogP contribution in [0.1, 0.15) is 67.3 Å². The van der Waals surface area contributed by atoms with Crippen molar-refractivity contribution in [2.24, 2.45) is 0 Å². The third-order valence-corrected chi connectivity index (χ3v) is 9.02. The first-order valence-corrected chi connectivity index (χ1v) is 15.4. The minimum absolute atomic E-state index is 0.0416. The van der Waals surface area contributed by atoms with E-state index >= 15 is 0 Å². The van der Waals surface area contributed by atoms with Gasteiger partial charge in [0.2, 0.25) is 10.0 Å². The zero-order chi connectivity index (χ0) is 27.8. The second kappa shape index (κ2) is 13.2. The van der Waals surface area contributed by atoms with Crippen LogP contribution in [0.5, 0.6) is 0 Å². The predicted molar refractivity (Wildman–Crippen MR) is 161 cm³/mol. The molecule has 0 aromatic heterocycles. The Bertz CT molecular complexity index is 1360. The first-order valence-electron chi connectivity index (χ1n) is 14.0. The van der Waals surface area contributed by atoms with Crippen LogP contribution in [-0.4, -0.2) is 31.6 Å². The van der Waals surface area contributed by atoms with E-state index in [4.69, 9.17) is 0 Å². The largest absolute Gasteiger partial charge is 0.289 e. The van der Waals surface area contributed by atoms with Crippen LogP contribution in [0.2, 0.25) is 0 Å². The molecule has 0 N–H and O–H groups in total. The number of sulfonamides is 1. The highest BCUT2D eigenvalue weighted by Crippen LogP contribution is 2.27. The van der Waals surface area contributed by atoms with Gasteiger partial charge in [0.1, 0.15) is 0 Å². The number of ketones is 1. The van der Waals surface area contributed by atoms with Crippen molar-refractivity contribution >= 4 is 28.0 Å². The van der Waals surface area contributed by atoms with Gasteiger partial charge in [-0.05, 0) is 79.1 Å². The fourth-order valence-electron chi connectivity index (χ4n) is 4.76. The van der Waals surface area contributed by atoms with E-state index in [9.17, 15) is 13.2 Å². The highest BCUT2D eigenvalue weighted by atomic mass is 32.2. The maximum atomic E-state index is 13.7. The van der Waals surface area contributed by atoms with Crippen molar-refractivity contribution < 1.29 is 13.2 Å². The summed E-state index contributed by atoms with van der Waals surface area (Å²) in [5.74, 6) is -0.101. The summed E-state index contributed by atoms with van der Waals surface area (Å²) in [6.07, 6.45) is 10.3. The molecule has 0 radical (unpaired) electrons. The van der Waals surface area contributed by atoms with Crippen LogP contribution in [0.15, 0.2) is 88.8 Å². The van der Waals surface area contributed by atoms with Crippen LogP contribution in [0.4, 0.5) is 0 Å². The van der Waals surface area contributed by atoms with Crippen molar-refractivity contribution in [3.8, 4) is 0 Å². The summed E-state index contributed by atoms with van der Waals surface area (Å²) in [7, 11) is -3.79. The first kappa shape index (κ1) is 28.7. The van der Waals surface area contributed by atoms with Crippen LogP contribution in [0, 0.1) is 6.92 Å². The molecular formula is C34H39NO3S. The number of benzene rings is 3. The molecule has 0 bridgehead atoms. The zero-order valence-electron chi connectivity index (χ0n) is 23.3. The molecule has 3 aromatic rings. The molecule has 0 saturated carbocycles. The molecule has 1 aliphatic rings. The van der Waals surface area contributed by atoms with Gasteiger partial charge in [-0.3, -0.25) is 4.79 Å². The van der Waals surface area contributed by atoms with Crippen molar-refractivity contribution in [3.63, 3.8) is 0 Å². The molecule has 1 fully saturated rings. The summed E-state index contributed by atoms with van der Waals surface area (Å²) in [5, 5.41) is 0. The van der Waals surface area contributed by atoms with Crippen molar-refractivity contribution in [2.45, 2.75) is 64.2 Å². The second-order valence-corrected chi connectivity index (χ2v) is 12.4. The molecule has 204 valence electrons. The third kappa shape index (κ3) is 7.43. The maximum absolute atomic E-state index is 13.7. The minimum atomic E-state index is -3.79. The lowest BCUT2D eigenvalue weighted by Gasteiger charge is -2.29. The molecule has 0 atom stereocenters. The Labute approximate surface area is 234 Å². The van der Waals surface area contributed by atoms with Gasteiger partial charge < -0.3 is 0 Å². The molecular weight excluding hydrogens is 502 g/mol. The summed E-state index contributed by atoms with van der Waals surface area (Å²) in [4.78, 5) is 13.9. The van der Waals surface area contributed by atoms with Crippen molar-refractivity contribution in [1.29, 1.82) is 0 Å². The molecule has 1 saturated heterocycles. The van der Waals surface area contributed by atoms with Gasteiger partial charge in [-0.1, -0.05) is 92.9 Å². The van der Waals surface area contributed by atoms with Gasteiger partial charge in [-0.25, -0.2) is 8.42 Å². The summed E-state index contributed by atoms with van der Waals surface area (Å²) in [5.41, 5.74) is 6.27. The number of carbonyl (C=O) groups is 1. The SMILES string of the molecule is CCCCc1ccc(/C=C2/CN(S(=O)(=O)c3ccc(C)cc3)C/C(=C\c3ccc(CCCC)cc3)C2=O)cc1. The predicted octanol–water partition coefficient (Wildman–Crippen LogP) is 7.42. The van der Waals surface area contributed by atoms with Gasteiger partial charge in [0.05, 0.1) is 4.90 Å². The van der Waals surface area contributed by atoms with E-state index in [1.165, 1.54) is 15.4 Å². The Morgan fingerprint density at radius 3 is 1.54 bits per heavy atom. The molecule has 3 aromatic carbocycles. The molecule has 1 aliphatic heterocycles. The van der Waals surface area contributed by atoms with Crippen molar-refractivity contribution in [3.05, 3.63) is 112 Å². The number of hydrogen-bond acceptors (Lipinski definition) is 3. The number of hydrogen-bond donors (Lipinski definition) is 0. The van der Waals surface area contributed by atoms with Crippen LogP contribution in [0.3, 0.4) is 0 Å². The average Bonchev–Trinajstić information content (AvgIpc) is 2.94. The first-order chi connectivity index (χ1) is 18.8. The van der Waals surface area contributed by atoms with Crippen LogP contribution in [0.25, 0.3) is 12.2 Å². The van der Waals surface area contributed by atoms with Gasteiger partial charge in [-0.2, -0.15) is 4.31 Å². The quantitative estimate of drug-likeness (QED) is 0.251. The van der Waals surface area contributed by atoms with Crippen molar-refractivity contribution in [1.82, 2.24) is 4.31 Å². The Morgan fingerprint density at radius 1 is 0.692 bits per heavy atom. The van der Waals surface area contributed by atoms with E-state index in [2.05, 4.69) is 38.1 Å². The van der Waals surface area contributed by atoms with E-state index in [0.717, 1.165) is 55.2 Å². The molecule has 0 unspecified atom stereocenters. The van der Waals surface area contributed by atoms with Gasteiger partial charge in [-0.15, -0.1) is 0 Å². The Morgan fingerprint density at radius 2 is 1.13 bits per heavy atom. The monoisotopic (exact) mass is 541 g/mol. The number of piperidine rings is 1. The summed E-state index contributed by atoms with van der Waals surface area (Å²) in [6, 6.07) is 23.3. The van der Waals surface area contributed by atoms with Gasteiger partial charge in [0.15, 0.2) is 5.78 Å². The molecule has 4 nitrogen and oxygen atoms in total. The molecule has 0 aliphatic carbocycles. The lowest BCUT2D eigenvalue weighted by molar-refractivity contribution is -0.113. The number of unbranched alkanes of at least 4 members (excludes halogenated alkanes) is 2. The number of nitrogens with zero attached hydrogens (tertiary/aromatic N) is 1. The van der Waals surface area contributed by atoms with Gasteiger partial charge >= 0.3 is 0 Å². The van der Waals surface area contributed by atoms with Crippen molar-refractivity contribution in [2.75, 3.05) is 13.1 Å². The maximum Gasteiger partial charge on any atom is 0.243 e. The fourth-order valence-corrected chi connectivity index (χ4v) is 6.16. The topological polar surface area (TPSA) is 54.5 Å². The smallest absolute Gasteiger partial charge is 0.243 e. The van der Waals surface area contributed by atoms with Gasteiger partial charge in [0.25, 0.3) is 0 Å². The zero-order valence-corrected chi connectivity index (χ0v) is 24.1. The number of Topliss-reactive ketones (excluding diaryl/α,β-unsaturated/α-hetero) is 1. The molecule has 39 heavy (non-hydrogen) atoms. The number of rotatable bonds is 10. The van der Waals surface area contributed by atoms with E-state index in [1.54, 1.807) is 24.3 Å². The molecule has 0 spiro atoms. The highest BCUT2D eigenvalue weighted by Gasteiger charge is 2.34. The fraction of sp³-hybridized carbons (Fsp3) is 0.324. The molecule has 1 heterocycles. The minimum Gasteiger partial charge on any atom is -0.289 e. The number of aryl methyl sites for hydroxylation is 3. The molecule has 5 heteroatoms. The van der Waals surface area contributed by atoms with Crippen LogP contribution in [-0.2, 0) is 27.7 Å². The standard InChI is InChI=1S/C34H39NO3S/c1-4-6-8-27-12-16-29(17-13-27)22-31-24-35(39(37,38)33-20-10-26(3)11-21-33)25-32(34(31)36)23-30-18-14-28(15-19-30)9-7-5-2/h10-23H,4-9,24-25H2,1-3H3/b31-22-,32-23+. The van der Waals surface area contributed by atoms with E-state index < -0.39 is 10.0 Å². The molecule has 0 amide bonds. The normalized spacial score (nSPS) is 16.7. The highest BCUT2D eigenvalue weighted by molar-refractivity contribution is 7.89. The molecule has 4 rings (SSSR count). The van der Waals surface area contributed by atoms with E-state index in [1.807, 2.05) is 43.3 Å². The van der Waals surface area contributed by atoms with Crippen LogP contribution >= 0.6 is 0 Å². The van der Waals surface area contributed by atoms with Gasteiger partial charge in [0, 0.05) is 24.2 Å². The summed E-state index contributed by atoms with van der Waals surface area (Å²) >= 11 is 0. The Balaban J connectivity index is 1.68. The lowest BCUT2D eigenvalue weighted by atomic mass is 9.95. The Hall–Kier alpha value is -3.28. The van der Waals surface area contributed by atoms with E-state index in [-0.39, 0.29) is 23.8 Å².